The molecule has 3 rings (SSSR count). The molecule has 1 aliphatic carbocycles. The van der Waals surface area contributed by atoms with Gasteiger partial charge in [-0.15, -0.1) is 0 Å². The first-order chi connectivity index (χ1) is 8.66. The summed E-state index contributed by atoms with van der Waals surface area (Å²) in [6, 6.07) is 8.35. The van der Waals surface area contributed by atoms with E-state index in [1.165, 1.54) is 12.8 Å². The number of nitrogens with one attached hydrogen (secondary N) is 1. The SMILES string of the molecule is CN(C)c1cccc(-n2c(C3CC3)n[nH]c2=S)c1. The first-order valence-corrected chi connectivity index (χ1v) is 6.52. The topological polar surface area (TPSA) is 36.9 Å². The summed E-state index contributed by atoms with van der Waals surface area (Å²) in [6.07, 6.45) is 2.43. The average Bonchev–Trinajstić information content (AvgIpc) is 3.13. The van der Waals surface area contributed by atoms with Gasteiger partial charge in [0, 0.05) is 25.7 Å². The van der Waals surface area contributed by atoms with E-state index < -0.39 is 0 Å². The van der Waals surface area contributed by atoms with Crippen LogP contribution in [0.15, 0.2) is 24.3 Å². The minimum absolute atomic E-state index is 0.570. The summed E-state index contributed by atoms with van der Waals surface area (Å²) in [5.74, 6) is 1.64. The van der Waals surface area contributed by atoms with Gasteiger partial charge in [-0.05, 0) is 43.3 Å². The smallest absolute Gasteiger partial charge is 0.199 e. The van der Waals surface area contributed by atoms with E-state index in [1.807, 2.05) is 14.1 Å². The first kappa shape index (κ1) is 11.5. The molecule has 18 heavy (non-hydrogen) atoms. The number of H-pyrrole nitrogens is 1. The summed E-state index contributed by atoms with van der Waals surface area (Å²) in [6.45, 7) is 0. The Kier molecular flexibility index (Phi) is 2.70. The van der Waals surface area contributed by atoms with Crippen LogP contribution in [0, 0.1) is 4.77 Å². The van der Waals surface area contributed by atoms with Crippen molar-refractivity contribution in [2.24, 2.45) is 0 Å². The van der Waals surface area contributed by atoms with Gasteiger partial charge in [0.05, 0.1) is 5.69 Å². The molecule has 0 saturated heterocycles. The second-order valence-electron chi connectivity index (χ2n) is 4.91. The number of hydrogen-bond acceptors (Lipinski definition) is 3. The number of aromatic nitrogens is 3. The van der Waals surface area contributed by atoms with E-state index in [-0.39, 0.29) is 0 Å². The molecule has 4 nitrogen and oxygen atoms in total. The van der Waals surface area contributed by atoms with Gasteiger partial charge >= 0.3 is 0 Å². The molecular formula is C13H16N4S. The second kappa shape index (κ2) is 4.24. The predicted molar refractivity (Wildman–Crippen MR) is 75.1 cm³/mol. The van der Waals surface area contributed by atoms with Crippen LogP contribution in [-0.4, -0.2) is 28.9 Å². The number of anilines is 1. The number of nitrogens with zero attached hydrogens (tertiary/aromatic N) is 3. The molecule has 1 aromatic heterocycles. The molecule has 0 spiro atoms. The molecule has 1 heterocycles. The van der Waals surface area contributed by atoms with E-state index >= 15 is 0 Å². The fourth-order valence-corrected chi connectivity index (χ4v) is 2.33. The van der Waals surface area contributed by atoms with Gasteiger partial charge in [-0.25, -0.2) is 0 Å². The van der Waals surface area contributed by atoms with Gasteiger partial charge in [0.1, 0.15) is 5.82 Å². The first-order valence-electron chi connectivity index (χ1n) is 6.12. The quantitative estimate of drug-likeness (QED) is 0.862. The van der Waals surface area contributed by atoms with Crippen LogP contribution in [0.5, 0.6) is 0 Å². The van der Waals surface area contributed by atoms with Crippen LogP contribution in [0.25, 0.3) is 5.69 Å². The van der Waals surface area contributed by atoms with Crippen molar-refractivity contribution in [2.75, 3.05) is 19.0 Å². The lowest BCUT2D eigenvalue weighted by molar-refractivity contribution is 0.868. The van der Waals surface area contributed by atoms with Gasteiger partial charge in [0.15, 0.2) is 4.77 Å². The molecule has 0 radical (unpaired) electrons. The van der Waals surface area contributed by atoms with Crippen molar-refractivity contribution in [3.63, 3.8) is 0 Å². The molecule has 94 valence electrons. The number of benzene rings is 1. The van der Waals surface area contributed by atoms with E-state index in [2.05, 4.69) is 43.9 Å². The summed E-state index contributed by atoms with van der Waals surface area (Å²) in [7, 11) is 4.07. The highest BCUT2D eigenvalue weighted by atomic mass is 32.1. The summed E-state index contributed by atoms with van der Waals surface area (Å²) in [4.78, 5) is 2.09. The summed E-state index contributed by atoms with van der Waals surface area (Å²) in [5.41, 5.74) is 2.25. The Labute approximate surface area is 111 Å². The maximum atomic E-state index is 5.34. The Hall–Kier alpha value is -1.62. The highest BCUT2D eigenvalue weighted by Gasteiger charge is 2.29. The Morgan fingerprint density at radius 1 is 1.39 bits per heavy atom. The van der Waals surface area contributed by atoms with Crippen molar-refractivity contribution < 1.29 is 0 Å². The fraction of sp³-hybridized carbons (Fsp3) is 0.385. The zero-order valence-electron chi connectivity index (χ0n) is 10.6. The summed E-state index contributed by atoms with van der Waals surface area (Å²) >= 11 is 5.34. The lowest BCUT2D eigenvalue weighted by Crippen LogP contribution is -2.09. The molecule has 0 aliphatic heterocycles. The van der Waals surface area contributed by atoms with Crippen molar-refractivity contribution >= 4 is 17.9 Å². The zero-order valence-corrected chi connectivity index (χ0v) is 11.4. The molecule has 0 amide bonds. The van der Waals surface area contributed by atoms with Gasteiger partial charge in [-0.1, -0.05) is 6.07 Å². The van der Waals surface area contributed by atoms with E-state index in [0.29, 0.717) is 10.7 Å². The maximum Gasteiger partial charge on any atom is 0.199 e. The van der Waals surface area contributed by atoms with Gasteiger partial charge < -0.3 is 4.90 Å². The van der Waals surface area contributed by atoms with E-state index in [0.717, 1.165) is 17.2 Å². The largest absolute Gasteiger partial charge is 0.378 e. The minimum Gasteiger partial charge on any atom is -0.378 e. The third-order valence-electron chi connectivity index (χ3n) is 3.25. The number of rotatable bonds is 3. The van der Waals surface area contributed by atoms with E-state index in [9.17, 15) is 0 Å². The van der Waals surface area contributed by atoms with Crippen LogP contribution >= 0.6 is 12.2 Å². The van der Waals surface area contributed by atoms with Crippen molar-refractivity contribution in [1.82, 2.24) is 14.8 Å². The van der Waals surface area contributed by atoms with Crippen LogP contribution in [0.2, 0.25) is 0 Å². The highest BCUT2D eigenvalue weighted by Crippen LogP contribution is 2.39. The third-order valence-corrected chi connectivity index (χ3v) is 3.52. The van der Waals surface area contributed by atoms with Gasteiger partial charge in [-0.2, -0.15) is 5.10 Å². The van der Waals surface area contributed by atoms with E-state index in [4.69, 9.17) is 12.2 Å². The van der Waals surface area contributed by atoms with Crippen LogP contribution < -0.4 is 4.90 Å². The fourth-order valence-electron chi connectivity index (χ4n) is 2.08. The lowest BCUT2D eigenvalue weighted by Gasteiger charge is -2.14. The molecular weight excluding hydrogens is 244 g/mol. The Bertz CT molecular complexity index is 622. The minimum atomic E-state index is 0.570. The number of aromatic amines is 1. The van der Waals surface area contributed by atoms with Gasteiger partial charge in [-0.3, -0.25) is 9.67 Å². The lowest BCUT2D eigenvalue weighted by atomic mass is 10.2. The molecule has 1 N–H and O–H groups in total. The molecule has 0 atom stereocenters. The summed E-state index contributed by atoms with van der Waals surface area (Å²) < 4.78 is 2.73. The highest BCUT2D eigenvalue weighted by molar-refractivity contribution is 7.71. The van der Waals surface area contributed by atoms with E-state index in [1.54, 1.807) is 0 Å². The Morgan fingerprint density at radius 2 is 2.17 bits per heavy atom. The van der Waals surface area contributed by atoms with Crippen molar-refractivity contribution in [3.05, 3.63) is 34.9 Å². The molecule has 0 bridgehead atoms. The van der Waals surface area contributed by atoms with Crippen molar-refractivity contribution in [3.8, 4) is 5.69 Å². The molecule has 2 aromatic rings. The molecule has 1 aromatic carbocycles. The molecule has 5 heteroatoms. The second-order valence-corrected chi connectivity index (χ2v) is 5.30. The van der Waals surface area contributed by atoms with Gasteiger partial charge in [0.2, 0.25) is 0 Å². The maximum absolute atomic E-state index is 5.34. The Morgan fingerprint density at radius 3 is 2.83 bits per heavy atom. The Balaban J connectivity index is 2.11. The average molecular weight is 260 g/mol. The molecule has 0 unspecified atom stereocenters. The van der Waals surface area contributed by atoms with Crippen molar-refractivity contribution in [1.29, 1.82) is 0 Å². The molecule has 1 aliphatic rings. The standard InChI is InChI=1S/C13H16N4S/c1-16(2)10-4-3-5-11(8-10)17-12(9-6-7-9)14-15-13(17)18/h3-5,8-9H,6-7H2,1-2H3,(H,15,18). The molecule has 1 saturated carbocycles. The normalized spacial score (nSPS) is 14.8. The predicted octanol–water partition coefficient (Wildman–Crippen LogP) is 2.87. The third kappa shape index (κ3) is 1.95. The van der Waals surface area contributed by atoms with Crippen LogP contribution in [0.3, 0.4) is 0 Å². The van der Waals surface area contributed by atoms with Crippen molar-refractivity contribution in [2.45, 2.75) is 18.8 Å². The number of hydrogen-bond donors (Lipinski definition) is 1. The summed E-state index contributed by atoms with van der Waals surface area (Å²) in [5, 5.41) is 7.27. The zero-order chi connectivity index (χ0) is 12.7. The van der Waals surface area contributed by atoms with Crippen LogP contribution in [0.4, 0.5) is 5.69 Å². The van der Waals surface area contributed by atoms with Gasteiger partial charge in [0.25, 0.3) is 0 Å². The monoisotopic (exact) mass is 260 g/mol. The van der Waals surface area contributed by atoms with Crippen LogP contribution in [-0.2, 0) is 0 Å². The van der Waals surface area contributed by atoms with Crippen LogP contribution in [0.1, 0.15) is 24.6 Å². The molecule has 1 fully saturated rings.